The lowest BCUT2D eigenvalue weighted by Crippen LogP contribution is -2.29. The van der Waals surface area contributed by atoms with Crippen molar-refractivity contribution in [2.75, 3.05) is 25.1 Å². The van der Waals surface area contributed by atoms with E-state index in [2.05, 4.69) is 4.90 Å². The van der Waals surface area contributed by atoms with Crippen molar-refractivity contribution in [2.45, 2.75) is 19.3 Å². The normalized spacial score (nSPS) is 15.5. The van der Waals surface area contributed by atoms with Gasteiger partial charge in [-0.2, -0.15) is 0 Å². The topological polar surface area (TPSA) is 49.8 Å². The molecule has 0 aromatic heterocycles. The van der Waals surface area contributed by atoms with Gasteiger partial charge in [-0.25, -0.2) is 4.79 Å². The Balaban J connectivity index is 1.97. The molecule has 1 fully saturated rings. The molecule has 2 aromatic carbocycles. The number of anilines is 1. The lowest BCUT2D eigenvalue weighted by Gasteiger charge is -2.29. The average Bonchev–Trinajstić information content (AvgIpc) is 2.67. The number of hydrogen-bond acceptors (Lipinski definition) is 3. The third-order valence-corrected chi connectivity index (χ3v) is 4.56. The molecule has 0 aliphatic carbocycles. The first-order valence-electron chi connectivity index (χ1n) is 8.63. The number of methoxy groups -OCH3 is 1. The van der Waals surface area contributed by atoms with Crippen molar-refractivity contribution in [3.8, 4) is 0 Å². The Kier molecular flexibility index (Phi) is 5.39. The predicted molar refractivity (Wildman–Crippen MR) is 100 cm³/mol. The van der Waals surface area contributed by atoms with Crippen molar-refractivity contribution in [1.29, 1.82) is 0 Å². The number of nitrogens with zero attached hydrogens (tertiary/aromatic N) is 1. The maximum Gasteiger partial charge on any atom is 0.340 e. The molecule has 130 valence electrons. The Morgan fingerprint density at radius 2 is 1.56 bits per heavy atom. The lowest BCUT2D eigenvalue weighted by atomic mass is 10.0. The van der Waals surface area contributed by atoms with Crippen molar-refractivity contribution >= 4 is 23.0 Å². The third-order valence-electron chi connectivity index (χ3n) is 4.56. The summed E-state index contributed by atoms with van der Waals surface area (Å²) in [6.07, 6.45) is 3.74. The summed E-state index contributed by atoms with van der Waals surface area (Å²) in [5.74, 6) is -0.618. The summed E-state index contributed by atoms with van der Waals surface area (Å²) in [5, 5.41) is 9.70. The number of carboxylic acid groups (broad SMARTS) is 1. The summed E-state index contributed by atoms with van der Waals surface area (Å²) in [7, 11) is 1.51. The molecule has 1 aliphatic heterocycles. The molecule has 0 radical (unpaired) electrons. The fraction of sp³-hybridized carbons (Fsp3) is 0.286. The largest absolute Gasteiger partial charge is 0.495 e. The van der Waals surface area contributed by atoms with E-state index in [0.717, 1.165) is 18.7 Å². The molecule has 25 heavy (non-hydrogen) atoms. The van der Waals surface area contributed by atoms with Crippen LogP contribution in [-0.2, 0) is 9.53 Å². The zero-order valence-corrected chi connectivity index (χ0v) is 14.4. The number of hydrogen-bond donors (Lipinski definition) is 1. The highest BCUT2D eigenvalue weighted by molar-refractivity contribution is 6.22. The number of benzene rings is 2. The summed E-state index contributed by atoms with van der Waals surface area (Å²) in [4.78, 5) is 14.2. The van der Waals surface area contributed by atoms with Crippen LogP contribution in [0.15, 0.2) is 54.6 Å². The Morgan fingerprint density at radius 1 is 0.920 bits per heavy atom. The fourth-order valence-corrected chi connectivity index (χ4v) is 3.30. The zero-order chi connectivity index (χ0) is 17.6. The van der Waals surface area contributed by atoms with Gasteiger partial charge in [0.2, 0.25) is 0 Å². The number of aliphatic carboxylic acids is 1. The van der Waals surface area contributed by atoms with E-state index in [0.29, 0.717) is 11.3 Å². The summed E-state index contributed by atoms with van der Waals surface area (Å²) < 4.78 is 5.48. The molecule has 1 saturated heterocycles. The molecule has 0 bridgehead atoms. The summed E-state index contributed by atoms with van der Waals surface area (Å²) in [5.41, 5.74) is 2.75. The number of piperidine rings is 1. The van der Waals surface area contributed by atoms with Crippen molar-refractivity contribution in [1.82, 2.24) is 0 Å². The third kappa shape index (κ3) is 3.85. The highest BCUT2D eigenvalue weighted by Gasteiger charge is 2.19. The summed E-state index contributed by atoms with van der Waals surface area (Å²) >= 11 is 0. The fourth-order valence-electron chi connectivity index (χ4n) is 3.30. The van der Waals surface area contributed by atoms with Crippen molar-refractivity contribution < 1.29 is 14.6 Å². The molecule has 1 N–H and O–H groups in total. The van der Waals surface area contributed by atoms with Crippen LogP contribution >= 0.6 is 0 Å². The van der Waals surface area contributed by atoms with E-state index in [1.807, 2.05) is 42.5 Å². The van der Waals surface area contributed by atoms with Gasteiger partial charge in [-0.05, 0) is 49.1 Å². The predicted octanol–water partition coefficient (Wildman–Crippen LogP) is 4.28. The number of carboxylic acids is 1. The van der Waals surface area contributed by atoms with Crippen molar-refractivity contribution in [3.05, 3.63) is 65.7 Å². The van der Waals surface area contributed by atoms with Gasteiger partial charge in [-0.15, -0.1) is 0 Å². The van der Waals surface area contributed by atoms with Gasteiger partial charge in [0.25, 0.3) is 0 Å². The van der Waals surface area contributed by atoms with Gasteiger partial charge in [0.05, 0.1) is 7.11 Å². The minimum Gasteiger partial charge on any atom is -0.495 e. The van der Waals surface area contributed by atoms with Crippen LogP contribution in [0.5, 0.6) is 0 Å². The first-order valence-corrected chi connectivity index (χ1v) is 8.63. The van der Waals surface area contributed by atoms with Crippen LogP contribution in [0.1, 0.15) is 30.4 Å². The van der Waals surface area contributed by atoms with Gasteiger partial charge in [-0.1, -0.05) is 30.3 Å². The van der Waals surface area contributed by atoms with E-state index in [9.17, 15) is 9.90 Å². The van der Waals surface area contributed by atoms with E-state index in [4.69, 9.17) is 4.74 Å². The molecule has 0 amide bonds. The van der Waals surface area contributed by atoms with Crippen LogP contribution in [0.2, 0.25) is 0 Å². The van der Waals surface area contributed by atoms with Crippen LogP contribution in [0.25, 0.3) is 11.3 Å². The zero-order valence-electron chi connectivity index (χ0n) is 14.4. The molecule has 0 atom stereocenters. The van der Waals surface area contributed by atoms with Crippen LogP contribution in [0.3, 0.4) is 0 Å². The van der Waals surface area contributed by atoms with E-state index in [1.165, 1.54) is 32.1 Å². The standard InChI is InChI=1S/C21H23NO3/c1-25-20(19(21(23)24)16-8-4-2-5-9-16)17-10-12-18(13-11-17)22-14-6-3-7-15-22/h2,4-5,8-13H,3,6-7,14-15H2,1H3,(H,23,24). The number of rotatable bonds is 5. The summed E-state index contributed by atoms with van der Waals surface area (Å²) in [6.45, 7) is 2.16. The molecule has 3 rings (SSSR count). The molecule has 1 aliphatic rings. The van der Waals surface area contributed by atoms with Gasteiger partial charge < -0.3 is 14.7 Å². The Labute approximate surface area is 148 Å². The monoisotopic (exact) mass is 337 g/mol. The molecule has 1 heterocycles. The van der Waals surface area contributed by atoms with Crippen molar-refractivity contribution in [2.24, 2.45) is 0 Å². The molecule has 0 spiro atoms. The van der Waals surface area contributed by atoms with Gasteiger partial charge in [0.15, 0.2) is 0 Å². The van der Waals surface area contributed by atoms with Crippen LogP contribution in [0.4, 0.5) is 5.69 Å². The molecule has 4 heteroatoms. The lowest BCUT2D eigenvalue weighted by molar-refractivity contribution is -0.130. The highest BCUT2D eigenvalue weighted by Crippen LogP contribution is 2.29. The molecule has 0 saturated carbocycles. The highest BCUT2D eigenvalue weighted by atomic mass is 16.5. The molecular weight excluding hydrogens is 314 g/mol. The first kappa shape index (κ1) is 17.1. The van der Waals surface area contributed by atoms with Crippen LogP contribution in [0, 0.1) is 0 Å². The van der Waals surface area contributed by atoms with Gasteiger partial charge >= 0.3 is 5.97 Å². The summed E-state index contributed by atoms with van der Waals surface area (Å²) in [6, 6.07) is 17.0. The molecule has 2 aromatic rings. The molecular formula is C21H23NO3. The minimum atomic E-state index is -0.997. The van der Waals surface area contributed by atoms with Crippen LogP contribution < -0.4 is 4.90 Å². The average molecular weight is 337 g/mol. The smallest absolute Gasteiger partial charge is 0.340 e. The SMILES string of the molecule is COC(=C(C(=O)O)c1ccccc1)c1ccc(N2CCCCC2)cc1. The first-order chi connectivity index (χ1) is 12.2. The van der Waals surface area contributed by atoms with Crippen molar-refractivity contribution in [3.63, 3.8) is 0 Å². The van der Waals surface area contributed by atoms with Gasteiger partial charge in [-0.3, -0.25) is 0 Å². The maximum atomic E-state index is 11.8. The number of ether oxygens (including phenoxy) is 1. The Bertz CT molecular complexity index is 744. The van der Waals surface area contributed by atoms with E-state index in [1.54, 1.807) is 12.1 Å². The maximum absolute atomic E-state index is 11.8. The second-order valence-corrected chi connectivity index (χ2v) is 6.17. The second-order valence-electron chi connectivity index (χ2n) is 6.17. The minimum absolute atomic E-state index is 0.175. The van der Waals surface area contributed by atoms with E-state index < -0.39 is 5.97 Å². The Morgan fingerprint density at radius 3 is 2.12 bits per heavy atom. The molecule has 4 nitrogen and oxygen atoms in total. The second kappa shape index (κ2) is 7.88. The van der Waals surface area contributed by atoms with Gasteiger partial charge in [0, 0.05) is 24.3 Å². The van der Waals surface area contributed by atoms with E-state index in [-0.39, 0.29) is 5.57 Å². The quantitative estimate of drug-likeness (QED) is 0.503. The number of carbonyl (C=O) groups is 1. The van der Waals surface area contributed by atoms with E-state index >= 15 is 0 Å². The molecule has 0 unspecified atom stereocenters. The van der Waals surface area contributed by atoms with Crippen LogP contribution in [-0.4, -0.2) is 31.3 Å². The van der Waals surface area contributed by atoms with Gasteiger partial charge in [0.1, 0.15) is 11.3 Å². The Hall–Kier alpha value is -2.75.